The predicted octanol–water partition coefficient (Wildman–Crippen LogP) is 3.84. The van der Waals surface area contributed by atoms with Crippen LogP contribution in [-0.2, 0) is 0 Å². The van der Waals surface area contributed by atoms with E-state index in [0.29, 0.717) is 10.8 Å². The van der Waals surface area contributed by atoms with E-state index in [9.17, 15) is 0 Å². The highest BCUT2D eigenvalue weighted by molar-refractivity contribution is 7.13. The Hall–Kier alpha value is -1.72. The number of hydrogen-bond donors (Lipinski definition) is 1. The predicted molar refractivity (Wildman–Crippen MR) is 79.8 cm³/mol. The Bertz CT molecular complexity index is 712. The summed E-state index contributed by atoms with van der Waals surface area (Å²) in [5.41, 5.74) is 2.65. The topological polar surface area (TPSA) is 50.7 Å². The molecule has 0 unspecified atom stereocenters. The molecule has 0 aliphatic rings. The van der Waals surface area contributed by atoms with Gasteiger partial charge in [-0.1, -0.05) is 11.6 Å². The first-order valence-corrected chi connectivity index (χ1v) is 7.13. The molecule has 0 saturated carbocycles. The average Bonchev–Trinajstić information content (AvgIpc) is 2.93. The molecular formula is C13H11ClN4S. The summed E-state index contributed by atoms with van der Waals surface area (Å²) in [7, 11) is 0. The van der Waals surface area contributed by atoms with Crippen molar-refractivity contribution >= 4 is 39.7 Å². The fourth-order valence-electron chi connectivity index (χ4n) is 1.84. The van der Waals surface area contributed by atoms with Gasteiger partial charge in [-0.15, -0.1) is 11.3 Å². The van der Waals surface area contributed by atoms with Crippen LogP contribution in [0.25, 0.3) is 21.6 Å². The van der Waals surface area contributed by atoms with Gasteiger partial charge in [0.2, 0.25) is 0 Å². The molecule has 0 fully saturated rings. The maximum Gasteiger partial charge on any atom is 0.173 e. The lowest BCUT2D eigenvalue weighted by Gasteiger charge is -2.08. The van der Waals surface area contributed by atoms with Crippen LogP contribution in [0.15, 0.2) is 29.9 Å². The van der Waals surface area contributed by atoms with Gasteiger partial charge in [0.15, 0.2) is 5.82 Å². The van der Waals surface area contributed by atoms with E-state index < -0.39 is 0 Å². The highest BCUT2D eigenvalue weighted by Gasteiger charge is 2.10. The molecule has 0 saturated heterocycles. The third-order valence-electron chi connectivity index (χ3n) is 2.65. The molecule has 0 amide bonds. The molecule has 4 nitrogen and oxygen atoms in total. The molecule has 6 heteroatoms. The minimum Gasteiger partial charge on any atom is -0.370 e. The van der Waals surface area contributed by atoms with Crippen LogP contribution >= 0.6 is 22.9 Å². The van der Waals surface area contributed by atoms with Gasteiger partial charge in [0.05, 0.1) is 15.9 Å². The van der Waals surface area contributed by atoms with Gasteiger partial charge < -0.3 is 5.32 Å². The molecular weight excluding hydrogens is 280 g/mol. The van der Waals surface area contributed by atoms with Crippen molar-refractivity contribution in [2.24, 2.45) is 0 Å². The van der Waals surface area contributed by atoms with Crippen LogP contribution in [-0.4, -0.2) is 21.5 Å². The number of thiazole rings is 1. The van der Waals surface area contributed by atoms with E-state index in [1.165, 1.54) is 11.3 Å². The van der Waals surface area contributed by atoms with Crippen molar-refractivity contribution in [2.45, 2.75) is 6.92 Å². The van der Waals surface area contributed by atoms with Gasteiger partial charge in [0, 0.05) is 23.2 Å². The van der Waals surface area contributed by atoms with Crippen LogP contribution < -0.4 is 5.32 Å². The van der Waals surface area contributed by atoms with Gasteiger partial charge in [0.1, 0.15) is 5.82 Å². The molecule has 96 valence electrons. The van der Waals surface area contributed by atoms with Crippen molar-refractivity contribution in [3.05, 3.63) is 34.9 Å². The quantitative estimate of drug-likeness (QED) is 0.796. The second-order valence-electron chi connectivity index (χ2n) is 3.95. The highest BCUT2D eigenvalue weighted by atomic mass is 35.5. The molecule has 1 N–H and O–H groups in total. The van der Waals surface area contributed by atoms with Gasteiger partial charge in [-0.3, -0.25) is 4.98 Å². The minimum absolute atomic E-state index is 0.681. The van der Waals surface area contributed by atoms with E-state index in [1.54, 1.807) is 11.7 Å². The summed E-state index contributed by atoms with van der Waals surface area (Å²) in [6.45, 7) is 2.83. The largest absolute Gasteiger partial charge is 0.370 e. The molecule has 0 aliphatic carbocycles. The van der Waals surface area contributed by atoms with Crippen LogP contribution in [0.1, 0.15) is 6.92 Å². The normalized spacial score (nSPS) is 10.8. The number of anilines is 1. The maximum absolute atomic E-state index is 6.04. The maximum atomic E-state index is 6.04. The molecule has 3 rings (SSSR count). The zero-order valence-corrected chi connectivity index (χ0v) is 11.8. The van der Waals surface area contributed by atoms with Crippen molar-refractivity contribution in [3.63, 3.8) is 0 Å². The highest BCUT2D eigenvalue weighted by Crippen LogP contribution is 2.28. The molecule has 0 bridgehead atoms. The van der Waals surface area contributed by atoms with Gasteiger partial charge >= 0.3 is 0 Å². The summed E-state index contributed by atoms with van der Waals surface area (Å²) in [4.78, 5) is 14.1. The molecule has 0 atom stereocenters. The third-order valence-corrected chi connectivity index (χ3v) is 3.66. The lowest BCUT2D eigenvalue weighted by Crippen LogP contribution is -2.02. The van der Waals surface area contributed by atoms with Crippen LogP contribution in [0.2, 0.25) is 5.02 Å². The van der Waals surface area contributed by atoms with Crippen molar-refractivity contribution < 1.29 is 0 Å². The molecule has 0 spiro atoms. The summed E-state index contributed by atoms with van der Waals surface area (Å²) in [5, 5.41) is 4.87. The Kier molecular flexibility index (Phi) is 3.31. The number of halogens is 1. The molecule has 19 heavy (non-hydrogen) atoms. The summed E-state index contributed by atoms with van der Waals surface area (Å²) in [6, 6.07) is 5.62. The van der Waals surface area contributed by atoms with Gasteiger partial charge in [-0.25, -0.2) is 9.97 Å². The van der Waals surface area contributed by atoms with E-state index in [-0.39, 0.29) is 0 Å². The van der Waals surface area contributed by atoms with Crippen molar-refractivity contribution in [1.29, 1.82) is 0 Å². The molecule has 1 aromatic carbocycles. The van der Waals surface area contributed by atoms with E-state index in [2.05, 4.69) is 20.3 Å². The summed E-state index contributed by atoms with van der Waals surface area (Å²) >= 11 is 7.56. The second-order valence-corrected chi connectivity index (χ2v) is 5.28. The van der Waals surface area contributed by atoms with Crippen LogP contribution in [0.5, 0.6) is 0 Å². The number of nitrogens with zero attached hydrogens (tertiary/aromatic N) is 3. The Labute approximate surface area is 119 Å². The first-order valence-electron chi connectivity index (χ1n) is 5.88. The number of nitrogens with one attached hydrogen (secondary N) is 1. The van der Waals surface area contributed by atoms with E-state index in [4.69, 9.17) is 11.6 Å². The monoisotopic (exact) mass is 290 g/mol. The van der Waals surface area contributed by atoms with Crippen LogP contribution in [0.4, 0.5) is 5.82 Å². The first-order chi connectivity index (χ1) is 9.28. The van der Waals surface area contributed by atoms with Crippen molar-refractivity contribution in [3.8, 4) is 10.7 Å². The second kappa shape index (κ2) is 5.11. The van der Waals surface area contributed by atoms with E-state index in [1.807, 2.05) is 25.1 Å². The minimum atomic E-state index is 0.681. The fourth-order valence-corrected chi connectivity index (χ4v) is 2.57. The Morgan fingerprint density at radius 3 is 2.95 bits per heavy atom. The summed E-state index contributed by atoms with van der Waals surface area (Å²) in [6.07, 6.45) is 1.78. The average molecular weight is 291 g/mol. The SMILES string of the molecule is CCNc1nc(-c2cncs2)nc2ccc(Cl)cc12. The van der Waals surface area contributed by atoms with Crippen LogP contribution in [0.3, 0.4) is 0 Å². The Morgan fingerprint density at radius 2 is 2.21 bits per heavy atom. The zero-order valence-electron chi connectivity index (χ0n) is 10.2. The molecule has 2 heterocycles. The number of rotatable bonds is 3. The Balaban J connectivity index is 2.24. The van der Waals surface area contributed by atoms with Crippen LogP contribution in [0, 0.1) is 0 Å². The third kappa shape index (κ3) is 2.39. The first kappa shape index (κ1) is 12.3. The molecule has 3 aromatic rings. The smallest absolute Gasteiger partial charge is 0.173 e. The number of hydrogen-bond acceptors (Lipinski definition) is 5. The number of aromatic nitrogens is 3. The number of benzene rings is 1. The molecule has 0 aliphatic heterocycles. The van der Waals surface area contributed by atoms with Gasteiger partial charge in [0.25, 0.3) is 0 Å². The standard InChI is InChI=1S/C13H11ClN4S/c1-2-16-12-9-5-8(14)3-4-10(9)17-13(18-12)11-6-15-7-19-11/h3-7H,2H2,1H3,(H,16,17,18). The van der Waals surface area contributed by atoms with Gasteiger partial charge in [-0.2, -0.15) is 0 Å². The summed E-state index contributed by atoms with van der Waals surface area (Å²) < 4.78 is 0. The number of fused-ring (bicyclic) bond motifs is 1. The summed E-state index contributed by atoms with van der Waals surface area (Å²) in [5.74, 6) is 1.49. The van der Waals surface area contributed by atoms with E-state index in [0.717, 1.165) is 28.1 Å². The fraction of sp³-hybridized carbons (Fsp3) is 0.154. The molecule has 0 radical (unpaired) electrons. The van der Waals surface area contributed by atoms with Gasteiger partial charge in [-0.05, 0) is 25.1 Å². The lowest BCUT2D eigenvalue weighted by molar-refractivity contribution is 1.15. The lowest BCUT2D eigenvalue weighted by atomic mass is 10.2. The van der Waals surface area contributed by atoms with E-state index >= 15 is 0 Å². The zero-order chi connectivity index (χ0) is 13.2. The van der Waals surface area contributed by atoms with Crippen molar-refractivity contribution in [2.75, 3.05) is 11.9 Å². The molecule has 2 aromatic heterocycles. The Morgan fingerprint density at radius 1 is 1.32 bits per heavy atom. The van der Waals surface area contributed by atoms with Crippen molar-refractivity contribution in [1.82, 2.24) is 15.0 Å².